The number of carbonyl (C=O) groups is 2. The summed E-state index contributed by atoms with van der Waals surface area (Å²) in [5.74, 6) is -0.597. The number of amides is 1. The minimum absolute atomic E-state index is 0.00766. The van der Waals surface area contributed by atoms with Crippen molar-refractivity contribution in [1.29, 1.82) is 0 Å². The van der Waals surface area contributed by atoms with Gasteiger partial charge in [-0.15, -0.1) is 0 Å². The number of hydrogen-bond acceptors (Lipinski definition) is 3. The highest BCUT2D eigenvalue weighted by Crippen LogP contribution is 2.25. The Morgan fingerprint density at radius 2 is 2.09 bits per heavy atom. The molecular formula is C16H19N3O3. The first kappa shape index (κ1) is 14.6. The van der Waals surface area contributed by atoms with E-state index in [0.717, 1.165) is 29.3 Å². The van der Waals surface area contributed by atoms with E-state index in [2.05, 4.69) is 10.2 Å². The van der Waals surface area contributed by atoms with E-state index in [1.165, 1.54) is 0 Å². The molecule has 0 saturated carbocycles. The quantitative estimate of drug-likeness (QED) is 0.910. The molecule has 6 heteroatoms. The number of carbonyl (C=O) groups excluding carboxylic acids is 1. The molecule has 6 nitrogen and oxygen atoms in total. The number of aryl methyl sites for hydroxylation is 1. The number of benzene rings is 1. The van der Waals surface area contributed by atoms with Crippen molar-refractivity contribution in [3.8, 4) is 0 Å². The number of nitrogens with zero attached hydrogens (tertiary/aromatic N) is 2. The number of aromatic amines is 1. The van der Waals surface area contributed by atoms with E-state index in [9.17, 15) is 9.59 Å². The van der Waals surface area contributed by atoms with Gasteiger partial charge in [0.25, 0.3) is 5.91 Å². The Balaban J connectivity index is 1.77. The summed E-state index contributed by atoms with van der Waals surface area (Å²) in [6, 6.07) is 3.88. The molecule has 3 rings (SSSR count). The van der Waals surface area contributed by atoms with Crippen LogP contribution in [0.5, 0.6) is 0 Å². The summed E-state index contributed by atoms with van der Waals surface area (Å²) in [6.45, 7) is 3.18. The highest BCUT2D eigenvalue weighted by molar-refractivity contribution is 6.05. The number of aromatic nitrogens is 2. The van der Waals surface area contributed by atoms with E-state index < -0.39 is 5.97 Å². The summed E-state index contributed by atoms with van der Waals surface area (Å²) < 4.78 is 0. The second-order valence-corrected chi connectivity index (χ2v) is 5.98. The van der Waals surface area contributed by atoms with Crippen LogP contribution in [0.15, 0.2) is 18.3 Å². The topological polar surface area (TPSA) is 86.3 Å². The van der Waals surface area contributed by atoms with Crippen LogP contribution in [0.1, 0.15) is 35.2 Å². The summed E-state index contributed by atoms with van der Waals surface area (Å²) in [7, 11) is 0. The fourth-order valence-corrected chi connectivity index (χ4v) is 3.13. The van der Waals surface area contributed by atoms with Gasteiger partial charge in [0.15, 0.2) is 0 Å². The van der Waals surface area contributed by atoms with Gasteiger partial charge in [0, 0.05) is 24.9 Å². The zero-order chi connectivity index (χ0) is 15.7. The van der Waals surface area contributed by atoms with Crippen LogP contribution >= 0.6 is 0 Å². The molecular weight excluding hydrogens is 282 g/mol. The van der Waals surface area contributed by atoms with Gasteiger partial charge in [-0.3, -0.25) is 14.7 Å². The number of piperidine rings is 1. The Morgan fingerprint density at radius 3 is 2.77 bits per heavy atom. The lowest BCUT2D eigenvalue weighted by molar-refractivity contribution is -0.138. The van der Waals surface area contributed by atoms with Crippen molar-refractivity contribution in [1.82, 2.24) is 15.1 Å². The van der Waals surface area contributed by atoms with E-state index >= 15 is 0 Å². The standard InChI is InChI=1S/C16H19N3O3/c1-10-6-12-9-17-18-15(12)13(7-10)16(22)19-4-2-11(3-5-19)8-14(20)21/h6-7,9,11H,2-5,8H2,1H3,(H,17,18)(H,20,21). The summed E-state index contributed by atoms with van der Waals surface area (Å²) in [6.07, 6.45) is 3.40. The fraction of sp³-hybridized carbons (Fsp3) is 0.438. The van der Waals surface area contributed by atoms with E-state index in [4.69, 9.17) is 5.11 Å². The second-order valence-electron chi connectivity index (χ2n) is 5.98. The fourth-order valence-electron chi connectivity index (χ4n) is 3.13. The molecule has 116 valence electrons. The predicted molar refractivity (Wildman–Crippen MR) is 81.7 cm³/mol. The number of hydrogen-bond donors (Lipinski definition) is 2. The second kappa shape index (κ2) is 5.79. The Kier molecular flexibility index (Phi) is 3.83. The number of nitrogens with one attached hydrogen (secondary N) is 1. The third-order valence-corrected chi connectivity index (χ3v) is 4.29. The maximum atomic E-state index is 12.8. The molecule has 0 unspecified atom stereocenters. The first-order chi connectivity index (χ1) is 10.5. The molecule has 1 fully saturated rings. The molecule has 2 heterocycles. The molecule has 0 bridgehead atoms. The lowest BCUT2D eigenvalue weighted by Gasteiger charge is -2.31. The highest BCUT2D eigenvalue weighted by atomic mass is 16.4. The van der Waals surface area contributed by atoms with Crippen molar-refractivity contribution >= 4 is 22.8 Å². The van der Waals surface area contributed by atoms with Crippen LogP contribution < -0.4 is 0 Å². The summed E-state index contributed by atoms with van der Waals surface area (Å²) >= 11 is 0. The zero-order valence-electron chi connectivity index (χ0n) is 12.5. The normalized spacial score (nSPS) is 16.1. The molecule has 0 atom stereocenters. The van der Waals surface area contributed by atoms with Crippen LogP contribution in [0.25, 0.3) is 10.9 Å². The molecule has 0 aliphatic carbocycles. The lowest BCUT2D eigenvalue weighted by atomic mass is 9.93. The van der Waals surface area contributed by atoms with Crippen LogP contribution in [-0.2, 0) is 4.79 Å². The average molecular weight is 301 g/mol. The third kappa shape index (κ3) is 2.81. The first-order valence-electron chi connectivity index (χ1n) is 7.49. The summed E-state index contributed by atoms with van der Waals surface area (Å²) in [4.78, 5) is 25.3. The molecule has 1 aromatic heterocycles. The van der Waals surface area contributed by atoms with Crippen LogP contribution in [0.4, 0.5) is 0 Å². The maximum Gasteiger partial charge on any atom is 0.303 e. The average Bonchev–Trinajstić information content (AvgIpc) is 2.94. The molecule has 1 amide bonds. The van der Waals surface area contributed by atoms with Gasteiger partial charge in [-0.25, -0.2) is 0 Å². The summed E-state index contributed by atoms with van der Waals surface area (Å²) in [5, 5.41) is 16.7. The van der Waals surface area contributed by atoms with Gasteiger partial charge in [0.2, 0.25) is 0 Å². The van der Waals surface area contributed by atoms with Gasteiger partial charge in [-0.2, -0.15) is 5.10 Å². The Bertz CT molecular complexity index is 714. The lowest BCUT2D eigenvalue weighted by Crippen LogP contribution is -2.39. The van der Waals surface area contributed by atoms with Gasteiger partial charge >= 0.3 is 5.97 Å². The van der Waals surface area contributed by atoms with Crippen molar-refractivity contribution in [2.24, 2.45) is 5.92 Å². The Morgan fingerprint density at radius 1 is 1.36 bits per heavy atom. The number of aliphatic carboxylic acids is 1. The SMILES string of the molecule is Cc1cc(C(=O)N2CCC(CC(=O)O)CC2)c2[nH]ncc2c1. The smallest absolute Gasteiger partial charge is 0.303 e. The van der Waals surface area contributed by atoms with E-state index in [1.54, 1.807) is 6.20 Å². The van der Waals surface area contributed by atoms with Crippen molar-refractivity contribution in [2.75, 3.05) is 13.1 Å². The van der Waals surface area contributed by atoms with Gasteiger partial charge in [-0.1, -0.05) is 0 Å². The minimum Gasteiger partial charge on any atom is -0.481 e. The van der Waals surface area contributed by atoms with Crippen molar-refractivity contribution in [3.05, 3.63) is 29.5 Å². The van der Waals surface area contributed by atoms with Crippen molar-refractivity contribution in [3.63, 3.8) is 0 Å². The van der Waals surface area contributed by atoms with E-state index in [1.807, 2.05) is 24.0 Å². The first-order valence-corrected chi connectivity index (χ1v) is 7.49. The number of carboxylic acid groups (broad SMARTS) is 1. The van der Waals surface area contributed by atoms with Gasteiger partial charge in [0.1, 0.15) is 0 Å². The van der Waals surface area contributed by atoms with Crippen LogP contribution in [0, 0.1) is 12.8 Å². The largest absolute Gasteiger partial charge is 0.481 e. The predicted octanol–water partition coefficient (Wildman–Crippen LogP) is 2.20. The van der Waals surface area contributed by atoms with Gasteiger partial charge < -0.3 is 10.0 Å². The van der Waals surface area contributed by atoms with Crippen molar-refractivity contribution < 1.29 is 14.7 Å². The molecule has 1 aromatic carbocycles. The van der Waals surface area contributed by atoms with Gasteiger partial charge in [-0.05, 0) is 43.4 Å². The van der Waals surface area contributed by atoms with E-state index in [-0.39, 0.29) is 18.2 Å². The molecule has 1 aliphatic rings. The number of fused-ring (bicyclic) bond motifs is 1. The van der Waals surface area contributed by atoms with Crippen LogP contribution in [-0.4, -0.2) is 45.2 Å². The third-order valence-electron chi connectivity index (χ3n) is 4.29. The number of carboxylic acids is 1. The molecule has 0 spiro atoms. The maximum absolute atomic E-state index is 12.8. The number of H-pyrrole nitrogens is 1. The number of rotatable bonds is 3. The van der Waals surface area contributed by atoms with Crippen LogP contribution in [0.2, 0.25) is 0 Å². The van der Waals surface area contributed by atoms with Crippen molar-refractivity contribution in [2.45, 2.75) is 26.2 Å². The molecule has 1 aliphatic heterocycles. The van der Waals surface area contributed by atoms with Gasteiger partial charge in [0.05, 0.1) is 17.3 Å². The molecule has 2 aromatic rings. The monoisotopic (exact) mass is 301 g/mol. The number of likely N-dealkylation sites (tertiary alicyclic amines) is 1. The van der Waals surface area contributed by atoms with E-state index in [0.29, 0.717) is 18.7 Å². The minimum atomic E-state index is -0.761. The molecule has 2 N–H and O–H groups in total. The summed E-state index contributed by atoms with van der Waals surface area (Å²) in [5.41, 5.74) is 2.44. The molecule has 0 radical (unpaired) electrons. The van der Waals surface area contributed by atoms with Crippen LogP contribution in [0.3, 0.4) is 0 Å². The highest BCUT2D eigenvalue weighted by Gasteiger charge is 2.26. The zero-order valence-corrected chi connectivity index (χ0v) is 12.5. The molecule has 1 saturated heterocycles. The Labute approximate surface area is 128 Å². The Hall–Kier alpha value is -2.37. The molecule has 22 heavy (non-hydrogen) atoms.